The van der Waals surface area contributed by atoms with Gasteiger partial charge in [-0.3, -0.25) is 4.79 Å². The van der Waals surface area contributed by atoms with Crippen LogP contribution >= 0.6 is 0 Å². The summed E-state index contributed by atoms with van der Waals surface area (Å²) in [7, 11) is 0. The van der Waals surface area contributed by atoms with Gasteiger partial charge in [-0.1, -0.05) is 17.3 Å². The molecule has 0 aliphatic heterocycles. The zero-order valence-electron chi connectivity index (χ0n) is 15.9. The molecule has 2 N–H and O–H groups in total. The third-order valence-electron chi connectivity index (χ3n) is 5.12. The van der Waals surface area contributed by atoms with Crippen molar-refractivity contribution in [1.82, 2.24) is 20.8 Å². The second-order valence-corrected chi connectivity index (χ2v) is 7.28. The van der Waals surface area contributed by atoms with Crippen LogP contribution in [-0.2, 0) is 11.2 Å². The highest BCUT2D eigenvalue weighted by atomic mass is 19.1. The number of aromatic nitrogens is 2. The number of carbonyl (C=O) groups is 1. The van der Waals surface area contributed by atoms with Gasteiger partial charge in [-0.2, -0.15) is 4.98 Å². The molecule has 2 aromatic rings. The Morgan fingerprint density at radius 1 is 1.26 bits per heavy atom. The summed E-state index contributed by atoms with van der Waals surface area (Å²) in [6.07, 6.45) is 4.63. The predicted octanol–water partition coefficient (Wildman–Crippen LogP) is 2.88. The number of aryl methyl sites for hydroxylation is 1. The van der Waals surface area contributed by atoms with E-state index in [4.69, 9.17) is 4.52 Å². The van der Waals surface area contributed by atoms with Crippen molar-refractivity contribution in [3.8, 4) is 0 Å². The number of benzene rings is 1. The van der Waals surface area contributed by atoms with E-state index >= 15 is 0 Å². The molecule has 1 amide bonds. The summed E-state index contributed by atoms with van der Waals surface area (Å²) in [6.45, 7) is 4.26. The van der Waals surface area contributed by atoms with Gasteiger partial charge in [0.1, 0.15) is 5.82 Å². The molecule has 0 spiro atoms. The molecule has 1 saturated carbocycles. The molecule has 27 heavy (non-hydrogen) atoms. The third-order valence-corrected chi connectivity index (χ3v) is 5.12. The van der Waals surface area contributed by atoms with Crippen LogP contribution in [-0.4, -0.2) is 34.7 Å². The SMILES string of the molecule is Cc1noc(C2CCC(NC(C)C(=O)NCCc3ccc(F)cc3)CC2)n1. The molecule has 3 rings (SSSR count). The summed E-state index contributed by atoms with van der Waals surface area (Å²) >= 11 is 0. The van der Waals surface area contributed by atoms with Crippen LogP contribution in [0.4, 0.5) is 4.39 Å². The molecule has 1 aromatic carbocycles. The molecular formula is C20H27FN4O2. The van der Waals surface area contributed by atoms with Crippen LogP contribution in [0.2, 0.25) is 0 Å². The summed E-state index contributed by atoms with van der Waals surface area (Å²) in [5.41, 5.74) is 1.01. The minimum absolute atomic E-state index is 0.00763. The number of amides is 1. The van der Waals surface area contributed by atoms with Crippen molar-refractivity contribution in [2.45, 2.75) is 64.0 Å². The van der Waals surface area contributed by atoms with E-state index in [1.807, 2.05) is 13.8 Å². The number of hydrogen-bond donors (Lipinski definition) is 2. The maximum absolute atomic E-state index is 12.9. The second-order valence-electron chi connectivity index (χ2n) is 7.28. The standard InChI is InChI=1S/C20H27FN4O2/c1-13(19(26)22-12-11-15-3-7-17(21)8-4-15)23-18-9-5-16(6-10-18)20-24-14(2)25-27-20/h3-4,7-8,13,16,18,23H,5-6,9-12H2,1-2H3,(H,22,26). The Kier molecular flexibility index (Phi) is 6.55. The molecule has 0 saturated heterocycles. The highest BCUT2D eigenvalue weighted by Crippen LogP contribution is 2.32. The fourth-order valence-electron chi connectivity index (χ4n) is 3.55. The van der Waals surface area contributed by atoms with Crippen LogP contribution in [0, 0.1) is 12.7 Å². The lowest BCUT2D eigenvalue weighted by molar-refractivity contribution is -0.123. The molecule has 6 nitrogen and oxygen atoms in total. The lowest BCUT2D eigenvalue weighted by atomic mass is 9.85. The number of halogens is 1. The van der Waals surface area contributed by atoms with E-state index in [1.165, 1.54) is 12.1 Å². The molecular weight excluding hydrogens is 347 g/mol. The van der Waals surface area contributed by atoms with Crippen molar-refractivity contribution in [3.63, 3.8) is 0 Å². The minimum atomic E-state index is -0.246. The van der Waals surface area contributed by atoms with E-state index in [1.54, 1.807) is 12.1 Å². The molecule has 1 fully saturated rings. The number of nitrogens with one attached hydrogen (secondary N) is 2. The van der Waals surface area contributed by atoms with E-state index in [2.05, 4.69) is 20.8 Å². The highest BCUT2D eigenvalue weighted by molar-refractivity contribution is 5.81. The topological polar surface area (TPSA) is 80.0 Å². The lowest BCUT2D eigenvalue weighted by Crippen LogP contribution is -2.47. The van der Waals surface area contributed by atoms with Gasteiger partial charge in [-0.15, -0.1) is 0 Å². The number of carbonyl (C=O) groups excluding carboxylic acids is 1. The van der Waals surface area contributed by atoms with E-state index in [0.717, 1.165) is 37.1 Å². The Morgan fingerprint density at radius 3 is 2.59 bits per heavy atom. The zero-order chi connectivity index (χ0) is 19.2. The maximum atomic E-state index is 12.9. The quantitative estimate of drug-likeness (QED) is 0.779. The number of nitrogens with zero attached hydrogens (tertiary/aromatic N) is 2. The van der Waals surface area contributed by atoms with Crippen molar-refractivity contribution < 1.29 is 13.7 Å². The number of rotatable bonds is 7. The fourth-order valence-corrected chi connectivity index (χ4v) is 3.55. The lowest BCUT2D eigenvalue weighted by Gasteiger charge is -2.29. The van der Waals surface area contributed by atoms with Gasteiger partial charge in [0.15, 0.2) is 5.82 Å². The summed E-state index contributed by atoms with van der Waals surface area (Å²) in [5.74, 6) is 1.48. The third kappa shape index (κ3) is 5.60. The first-order valence-corrected chi connectivity index (χ1v) is 9.59. The van der Waals surface area contributed by atoms with Crippen molar-refractivity contribution in [3.05, 3.63) is 47.4 Å². The predicted molar refractivity (Wildman–Crippen MR) is 99.7 cm³/mol. The number of hydrogen-bond acceptors (Lipinski definition) is 5. The largest absolute Gasteiger partial charge is 0.354 e. The van der Waals surface area contributed by atoms with Gasteiger partial charge in [0.2, 0.25) is 11.8 Å². The van der Waals surface area contributed by atoms with Gasteiger partial charge >= 0.3 is 0 Å². The molecule has 1 aliphatic carbocycles. The molecule has 1 atom stereocenters. The Hall–Kier alpha value is -2.28. The average molecular weight is 374 g/mol. The highest BCUT2D eigenvalue weighted by Gasteiger charge is 2.27. The molecule has 0 bridgehead atoms. The van der Waals surface area contributed by atoms with Crippen molar-refractivity contribution in [1.29, 1.82) is 0 Å². The average Bonchev–Trinajstić information content (AvgIpc) is 3.10. The second kappa shape index (κ2) is 9.08. The molecule has 1 heterocycles. The van der Waals surface area contributed by atoms with Crippen LogP contribution in [0.15, 0.2) is 28.8 Å². The van der Waals surface area contributed by atoms with Gasteiger partial charge in [0, 0.05) is 18.5 Å². The van der Waals surface area contributed by atoms with Crippen LogP contribution in [0.5, 0.6) is 0 Å². The molecule has 146 valence electrons. The van der Waals surface area contributed by atoms with Crippen LogP contribution < -0.4 is 10.6 Å². The van der Waals surface area contributed by atoms with Crippen LogP contribution in [0.3, 0.4) is 0 Å². The van der Waals surface area contributed by atoms with E-state index in [0.29, 0.717) is 30.7 Å². The van der Waals surface area contributed by atoms with Crippen LogP contribution in [0.1, 0.15) is 55.8 Å². The van der Waals surface area contributed by atoms with Crippen molar-refractivity contribution in [2.75, 3.05) is 6.54 Å². The molecule has 1 aromatic heterocycles. The fraction of sp³-hybridized carbons (Fsp3) is 0.550. The van der Waals surface area contributed by atoms with E-state index < -0.39 is 0 Å². The van der Waals surface area contributed by atoms with Gasteiger partial charge in [0.25, 0.3) is 0 Å². The van der Waals surface area contributed by atoms with Gasteiger partial charge in [-0.25, -0.2) is 4.39 Å². The van der Waals surface area contributed by atoms with E-state index in [-0.39, 0.29) is 17.8 Å². The van der Waals surface area contributed by atoms with Gasteiger partial charge in [0.05, 0.1) is 6.04 Å². The minimum Gasteiger partial charge on any atom is -0.354 e. The Labute approximate surface area is 158 Å². The first-order valence-electron chi connectivity index (χ1n) is 9.59. The Bertz CT molecular complexity index is 739. The summed E-state index contributed by atoms with van der Waals surface area (Å²) < 4.78 is 18.2. The molecule has 0 radical (unpaired) electrons. The smallest absolute Gasteiger partial charge is 0.236 e. The monoisotopic (exact) mass is 374 g/mol. The molecule has 1 aliphatic rings. The summed E-state index contributed by atoms with van der Waals surface area (Å²) in [6, 6.07) is 6.44. The zero-order valence-corrected chi connectivity index (χ0v) is 15.9. The molecule has 1 unspecified atom stereocenters. The first-order chi connectivity index (χ1) is 13.0. The Balaban J connectivity index is 1.36. The van der Waals surface area contributed by atoms with Gasteiger partial charge in [-0.05, 0) is 63.6 Å². The first kappa shape index (κ1) is 19.5. The summed E-state index contributed by atoms with van der Waals surface area (Å²) in [4.78, 5) is 16.6. The molecule has 7 heteroatoms. The van der Waals surface area contributed by atoms with Crippen LogP contribution in [0.25, 0.3) is 0 Å². The Morgan fingerprint density at radius 2 is 1.96 bits per heavy atom. The van der Waals surface area contributed by atoms with Gasteiger partial charge < -0.3 is 15.2 Å². The van der Waals surface area contributed by atoms with Crippen molar-refractivity contribution >= 4 is 5.91 Å². The summed E-state index contributed by atoms with van der Waals surface area (Å²) in [5, 5.41) is 10.2. The maximum Gasteiger partial charge on any atom is 0.236 e. The van der Waals surface area contributed by atoms with E-state index in [9.17, 15) is 9.18 Å². The van der Waals surface area contributed by atoms with Crippen molar-refractivity contribution in [2.24, 2.45) is 0 Å². The normalized spacial score (nSPS) is 21.0.